The van der Waals surface area contributed by atoms with E-state index < -0.39 is 0 Å². The van der Waals surface area contributed by atoms with E-state index in [-0.39, 0.29) is 29.8 Å². The summed E-state index contributed by atoms with van der Waals surface area (Å²) in [6.07, 6.45) is 4.02. The number of hydrogen-bond donors (Lipinski definition) is 2. The first-order valence-electron chi connectivity index (χ1n) is 9.72. The van der Waals surface area contributed by atoms with Crippen LogP contribution < -0.4 is 10.6 Å². The topological polar surface area (TPSA) is 39.7 Å². The summed E-state index contributed by atoms with van der Waals surface area (Å²) in [4.78, 5) is 6.78. The summed E-state index contributed by atoms with van der Waals surface area (Å²) in [5, 5.41) is 6.57. The molecular weight excluding hydrogens is 466 g/mol. The van der Waals surface area contributed by atoms with Gasteiger partial charge in [-0.3, -0.25) is 9.89 Å². The third-order valence-electron chi connectivity index (χ3n) is 4.93. The maximum Gasteiger partial charge on any atom is 0.191 e. The summed E-state index contributed by atoms with van der Waals surface area (Å²) < 4.78 is 13.0. The highest BCUT2D eigenvalue weighted by Gasteiger charge is 2.10. The molecule has 3 rings (SSSR count). The first-order chi connectivity index (χ1) is 13.2. The summed E-state index contributed by atoms with van der Waals surface area (Å²) in [6.45, 7) is 4.81. The Morgan fingerprint density at radius 3 is 1.89 bits per heavy atom. The molecule has 28 heavy (non-hydrogen) atoms. The molecule has 0 aromatic heterocycles. The predicted molar refractivity (Wildman–Crippen MR) is 124 cm³/mol. The van der Waals surface area contributed by atoms with Crippen LogP contribution in [-0.4, -0.2) is 31.0 Å². The van der Waals surface area contributed by atoms with Gasteiger partial charge in [0, 0.05) is 26.7 Å². The molecule has 0 amide bonds. The highest BCUT2D eigenvalue weighted by atomic mass is 127. The average Bonchev–Trinajstić information content (AvgIpc) is 2.71. The minimum Gasteiger partial charge on any atom is -0.352 e. The molecule has 1 aliphatic rings. The number of piperidine rings is 1. The van der Waals surface area contributed by atoms with Crippen molar-refractivity contribution in [1.29, 1.82) is 0 Å². The summed E-state index contributed by atoms with van der Waals surface area (Å²) in [5.74, 6) is 0.515. The van der Waals surface area contributed by atoms with Gasteiger partial charge in [-0.05, 0) is 54.8 Å². The molecule has 1 saturated heterocycles. The molecule has 0 atom stereocenters. The van der Waals surface area contributed by atoms with Crippen molar-refractivity contribution in [3.63, 3.8) is 0 Å². The van der Waals surface area contributed by atoms with Crippen molar-refractivity contribution in [2.75, 3.05) is 20.1 Å². The van der Waals surface area contributed by atoms with Gasteiger partial charge in [0.1, 0.15) is 5.82 Å². The molecule has 2 aromatic carbocycles. The lowest BCUT2D eigenvalue weighted by atomic mass is 10.1. The third-order valence-corrected chi connectivity index (χ3v) is 4.93. The van der Waals surface area contributed by atoms with Crippen LogP contribution in [0.1, 0.15) is 36.0 Å². The van der Waals surface area contributed by atoms with E-state index in [2.05, 4.69) is 44.8 Å². The first kappa shape index (κ1) is 22.6. The van der Waals surface area contributed by atoms with Gasteiger partial charge < -0.3 is 10.6 Å². The standard InChI is InChI=1S/C22H29FN4.HI/c1-24-22(26-16-19-9-11-21(23)12-10-19)25-15-18-5-7-20(8-6-18)17-27-13-3-2-4-14-27;/h5-12H,2-4,13-17H2,1H3,(H2,24,25,26);1H. The van der Waals surface area contributed by atoms with Crippen LogP contribution in [0.4, 0.5) is 4.39 Å². The Bertz CT molecular complexity index is 725. The average molecular weight is 496 g/mol. The highest BCUT2D eigenvalue weighted by molar-refractivity contribution is 14.0. The van der Waals surface area contributed by atoms with Gasteiger partial charge in [-0.1, -0.05) is 42.8 Å². The van der Waals surface area contributed by atoms with Crippen LogP contribution in [0.15, 0.2) is 53.5 Å². The minimum atomic E-state index is -0.218. The summed E-state index contributed by atoms with van der Waals surface area (Å²) in [7, 11) is 1.75. The zero-order valence-electron chi connectivity index (χ0n) is 16.5. The fourth-order valence-corrected chi connectivity index (χ4v) is 3.33. The maximum atomic E-state index is 13.0. The van der Waals surface area contributed by atoms with Crippen LogP contribution in [0.2, 0.25) is 0 Å². The molecule has 2 N–H and O–H groups in total. The lowest BCUT2D eigenvalue weighted by Gasteiger charge is -2.26. The molecule has 0 saturated carbocycles. The lowest BCUT2D eigenvalue weighted by Crippen LogP contribution is -2.36. The van der Waals surface area contributed by atoms with Crippen LogP contribution in [0.25, 0.3) is 0 Å². The van der Waals surface area contributed by atoms with Gasteiger partial charge in [0.05, 0.1) is 0 Å². The van der Waals surface area contributed by atoms with Crippen LogP contribution in [0.3, 0.4) is 0 Å². The number of rotatable bonds is 6. The SMILES string of the molecule is CN=C(NCc1ccc(F)cc1)NCc1ccc(CN2CCCCC2)cc1.I. The van der Waals surface area contributed by atoms with Gasteiger partial charge >= 0.3 is 0 Å². The van der Waals surface area contributed by atoms with Gasteiger partial charge in [0.25, 0.3) is 0 Å². The van der Waals surface area contributed by atoms with Crippen LogP contribution >= 0.6 is 24.0 Å². The van der Waals surface area contributed by atoms with Gasteiger partial charge in [-0.25, -0.2) is 4.39 Å². The van der Waals surface area contributed by atoms with Crippen molar-refractivity contribution >= 4 is 29.9 Å². The normalized spacial score (nSPS) is 15.0. The van der Waals surface area contributed by atoms with E-state index in [1.165, 1.54) is 55.6 Å². The van der Waals surface area contributed by atoms with Gasteiger partial charge in [0.15, 0.2) is 5.96 Å². The molecule has 0 spiro atoms. The Kier molecular flexibility index (Phi) is 9.70. The second-order valence-corrected chi connectivity index (χ2v) is 7.06. The molecule has 1 aliphatic heterocycles. The zero-order chi connectivity index (χ0) is 18.9. The smallest absolute Gasteiger partial charge is 0.191 e. The molecule has 0 bridgehead atoms. The fraction of sp³-hybridized carbons (Fsp3) is 0.409. The number of guanidine groups is 1. The second-order valence-electron chi connectivity index (χ2n) is 7.06. The molecule has 0 aliphatic carbocycles. The Hall–Kier alpha value is -1.67. The number of hydrogen-bond acceptors (Lipinski definition) is 2. The zero-order valence-corrected chi connectivity index (χ0v) is 18.8. The van der Waals surface area contributed by atoms with Crippen LogP contribution in [0, 0.1) is 5.82 Å². The number of benzene rings is 2. The molecule has 4 nitrogen and oxygen atoms in total. The predicted octanol–water partition coefficient (Wildman–Crippen LogP) is 4.29. The fourth-order valence-electron chi connectivity index (χ4n) is 3.33. The van der Waals surface area contributed by atoms with E-state index in [9.17, 15) is 4.39 Å². The molecule has 0 radical (unpaired) electrons. The number of halogens is 2. The number of nitrogens with zero attached hydrogens (tertiary/aromatic N) is 2. The second kappa shape index (κ2) is 12.0. The third kappa shape index (κ3) is 7.39. The van der Waals surface area contributed by atoms with Crippen molar-refractivity contribution in [2.45, 2.75) is 38.9 Å². The quantitative estimate of drug-likeness (QED) is 0.356. The van der Waals surface area contributed by atoms with Crippen molar-refractivity contribution in [1.82, 2.24) is 15.5 Å². The van der Waals surface area contributed by atoms with E-state index >= 15 is 0 Å². The van der Waals surface area contributed by atoms with E-state index in [1.807, 2.05) is 0 Å². The van der Waals surface area contributed by atoms with E-state index in [1.54, 1.807) is 19.2 Å². The minimum absolute atomic E-state index is 0. The number of aliphatic imine (C=N–C) groups is 1. The maximum absolute atomic E-state index is 13.0. The molecule has 6 heteroatoms. The Morgan fingerprint density at radius 1 is 0.857 bits per heavy atom. The van der Waals surface area contributed by atoms with Crippen molar-refractivity contribution in [3.05, 3.63) is 71.0 Å². The summed E-state index contributed by atoms with van der Waals surface area (Å²) in [6, 6.07) is 15.3. The molecular formula is C22H30FIN4. The van der Waals surface area contributed by atoms with Crippen LogP contribution in [0.5, 0.6) is 0 Å². The van der Waals surface area contributed by atoms with Crippen molar-refractivity contribution < 1.29 is 4.39 Å². The monoisotopic (exact) mass is 496 g/mol. The Morgan fingerprint density at radius 2 is 1.36 bits per heavy atom. The Labute approximate surface area is 184 Å². The summed E-state index contributed by atoms with van der Waals surface area (Å²) >= 11 is 0. The van der Waals surface area contributed by atoms with Gasteiger partial charge in [0.2, 0.25) is 0 Å². The van der Waals surface area contributed by atoms with Crippen LogP contribution in [-0.2, 0) is 19.6 Å². The highest BCUT2D eigenvalue weighted by Crippen LogP contribution is 2.13. The number of nitrogens with one attached hydrogen (secondary N) is 2. The van der Waals surface area contributed by atoms with E-state index in [0.717, 1.165) is 18.1 Å². The van der Waals surface area contributed by atoms with E-state index in [0.29, 0.717) is 13.1 Å². The lowest BCUT2D eigenvalue weighted by molar-refractivity contribution is 0.221. The largest absolute Gasteiger partial charge is 0.352 e. The Balaban J connectivity index is 0.00000280. The van der Waals surface area contributed by atoms with Gasteiger partial charge in [-0.2, -0.15) is 0 Å². The molecule has 2 aromatic rings. The van der Waals surface area contributed by atoms with E-state index in [4.69, 9.17) is 0 Å². The molecule has 1 heterocycles. The molecule has 152 valence electrons. The summed E-state index contributed by atoms with van der Waals surface area (Å²) in [5.41, 5.74) is 3.61. The van der Waals surface area contributed by atoms with Crippen molar-refractivity contribution in [2.24, 2.45) is 4.99 Å². The van der Waals surface area contributed by atoms with Crippen molar-refractivity contribution in [3.8, 4) is 0 Å². The molecule has 0 unspecified atom stereocenters. The first-order valence-corrected chi connectivity index (χ1v) is 9.72. The van der Waals surface area contributed by atoms with Gasteiger partial charge in [-0.15, -0.1) is 24.0 Å². The number of likely N-dealkylation sites (tertiary alicyclic amines) is 1. The molecule has 1 fully saturated rings.